The lowest BCUT2D eigenvalue weighted by Crippen LogP contribution is -1.95. The van der Waals surface area contributed by atoms with Gasteiger partial charge in [0.2, 0.25) is 0 Å². The summed E-state index contributed by atoms with van der Waals surface area (Å²) in [5.74, 6) is -0.583. The Kier molecular flexibility index (Phi) is 1.45. The molecule has 0 saturated heterocycles. The molecule has 2 aromatic rings. The van der Waals surface area contributed by atoms with Gasteiger partial charge in [-0.2, -0.15) is 0 Å². The predicted octanol–water partition coefficient (Wildman–Crippen LogP) is 0.615. The van der Waals surface area contributed by atoms with Crippen molar-refractivity contribution in [1.82, 2.24) is 9.38 Å². The topological polar surface area (TPSA) is 80.6 Å². The molecule has 3 N–H and O–H groups in total. The van der Waals surface area contributed by atoms with Crippen molar-refractivity contribution < 1.29 is 9.90 Å². The minimum absolute atomic E-state index is 0.00194. The molecule has 2 aromatic heterocycles. The largest absolute Gasteiger partial charge is 0.476 e. The van der Waals surface area contributed by atoms with Crippen LogP contribution in [0, 0.1) is 0 Å². The number of carboxylic acid groups (broad SMARTS) is 1. The fourth-order valence-corrected chi connectivity index (χ4v) is 1.14. The lowest BCUT2D eigenvalue weighted by Gasteiger charge is -1.95. The van der Waals surface area contributed by atoms with Crippen molar-refractivity contribution >= 4 is 17.4 Å². The standard InChI is InChI=1S/C8H7N3O2/c9-6-2-1-3-7-10-5(8(12)13)4-11(6)7/h1-4H,9H2,(H,12,13). The minimum atomic E-state index is -1.05. The molecule has 0 aromatic carbocycles. The Balaban J connectivity index is 2.75. The van der Waals surface area contributed by atoms with Gasteiger partial charge in [-0.3, -0.25) is 4.40 Å². The first kappa shape index (κ1) is 7.60. The second kappa shape index (κ2) is 2.48. The summed E-state index contributed by atoms with van der Waals surface area (Å²) in [6, 6.07) is 5.10. The maximum atomic E-state index is 10.6. The summed E-state index contributed by atoms with van der Waals surface area (Å²) in [6.07, 6.45) is 1.40. The fourth-order valence-electron chi connectivity index (χ4n) is 1.14. The molecular formula is C8H7N3O2. The van der Waals surface area contributed by atoms with Gasteiger partial charge in [0.15, 0.2) is 5.69 Å². The number of fused-ring (bicyclic) bond motifs is 1. The summed E-state index contributed by atoms with van der Waals surface area (Å²) in [5, 5.41) is 8.66. The molecule has 0 radical (unpaired) electrons. The summed E-state index contributed by atoms with van der Waals surface area (Å²) in [7, 11) is 0. The van der Waals surface area contributed by atoms with E-state index in [9.17, 15) is 4.79 Å². The summed E-state index contributed by atoms with van der Waals surface area (Å²) in [4.78, 5) is 14.4. The fraction of sp³-hybridized carbons (Fsp3) is 0. The molecule has 0 aliphatic carbocycles. The van der Waals surface area contributed by atoms with E-state index in [1.165, 1.54) is 10.6 Å². The Morgan fingerprint density at radius 2 is 2.31 bits per heavy atom. The normalized spacial score (nSPS) is 10.5. The van der Waals surface area contributed by atoms with E-state index in [-0.39, 0.29) is 5.69 Å². The first-order valence-corrected chi connectivity index (χ1v) is 3.65. The lowest BCUT2D eigenvalue weighted by atomic mass is 10.4. The monoisotopic (exact) mass is 177 g/mol. The molecule has 0 bridgehead atoms. The van der Waals surface area contributed by atoms with Crippen molar-refractivity contribution in [3.05, 3.63) is 30.1 Å². The van der Waals surface area contributed by atoms with Crippen LogP contribution in [0.15, 0.2) is 24.4 Å². The highest BCUT2D eigenvalue weighted by Gasteiger charge is 2.08. The van der Waals surface area contributed by atoms with Crippen molar-refractivity contribution in [1.29, 1.82) is 0 Å². The Labute approximate surface area is 73.4 Å². The third-order valence-corrected chi connectivity index (χ3v) is 1.74. The predicted molar refractivity (Wildman–Crippen MR) is 46.6 cm³/mol. The second-order valence-electron chi connectivity index (χ2n) is 2.61. The van der Waals surface area contributed by atoms with E-state index in [1.807, 2.05) is 0 Å². The van der Waals surface area contributed by atoms with Crippen molar-refractivity contribution in [3.63, 3.8) is 0 Å². The maximum absolute atomic E-state index is 10.6. The number of carbonyl (C=O) groups is 1. The number of imidazole rings is 1. The van der Waals surface area contributed by atoms with Gasteiger partial charge in [-0.15, -0.1) is 0 Å². The van der Waals surface area contributed by atoms with Gasteiger partial charge in [0, 0.05) is 6.20 Å². The molecule has 2 rings (SSSR count). The molecule has 0 fully saturated rings. The summed E-state index contributed by atoms with van der Waals surface area (Å²) in [5.41, 5.74) is 6.14. The summed E-state index contributed by atoms with van der Waals surface area (Å²) >= 11 is 0. The van der Waals surface area contributed by atoms with E-state index in [1.54, 1.807) is 18.2 Å². The summed E-state index contributed by atoms with van der Waals surface area (Å²) < 4.78 is 1.53. The van der Waals surface area contributed by atoms with Gasteiger partial charge >= 0.3 is 5.97 Å². The Morgan fingerprint density at radius 3 is 2.92 bits per heavy atom. The number of nitrogen functional groups attached to an aromatic ring is 1. The lowest BCUT2D eigenvalue weighted by molar-refractivity contribution is 0.0691. The molecule has 2 heterocycles. The van der Waals surface area contributed by atoms with Crippen LogP contribution in [0.4, 0.5) is 5.82 Å². The highest BCUT2D eigenvalue weighted by atomic mass is 16.4. The van der Waals surface area contributed by atoms with Crippen LogP contribution in [0.25, 0.3) is 5.65 Å². The highest BCUT2D eigenvalue weighted by Crippen LogP contribution is 2.09. The molecule has 0 aliphatic rings. The van der Waals surface area contributed by atoms with Crippen LogP contribution >= 0.6 is 0 Å². The van der Waals surface area contributed by atoms with Crippen molar-refractivity contribution in [2.45, 2.75) is 0 Å². The Morgan fingerprint density at radius 1 is 1.54 bits per heavy atom. The van der Waals surface area contributed by atoms with Crippen molar-refractivity contribution in [2.24, 2.45) is 0 Å². The number of rotatable bonds is 1. The molecule has 66 valence electrons. The average Bonchev–Trinajstić information content (AvgIpc) is 2.49. The second-order valence-corrected chi connectivity index (χ2v) is 2.61. The average molecular weight is 177 g/mol. The maximum Gasteiger partial charge on any atom is 0.356 e. The molecule has 0 saturated carbocycles. The number of aromatic nitrogens is 2. The van der Waals surface area contributed by atoms with Crippen LogP contribution < -0.4 is 5.73 Å². The van der Waals surface area contributed by atoms with Crippen LogP contribution in [0.3, 0.4) is 0 Å². The zero-order valence-electron chi connectivity index (χ0n) is 6.64. The van der Waals surface area contributed by atoms with Gasteiger partial charge in [0.25, 0.3) is 0 Å². The highest BCUT2D eigenvalue weighted by molar-refractivity contribution is 5.86. The van der Waals surface area contributed by atoms with Crippen LogP contribution in [-0.2, 0) is 0 Å². The molecule has 0 amide bonds. The molecular weight excluding hydrogens is 170 g/mol. The minimum Gasteiger partial charge on any atom is -0.476 e. The first-order valence-electron chi connectivity index (χ1n) is 3.65. The smallest absolute Gasteiger partial charge is 0.356 e. The van der Waals surface area contributed by atoms with Crippen LogP contribution in [-0.4, -0.2) is 20.5 Å². The van der Waals surface area contributed by atoms with Crippen molar-refractivity contribution in [2.75, 3.05) is 5.73 Å². The van der Waals surface area contributed by atoms with E-state index >= 15 is 0 Å². The molecule has 5 nitrogen and oxygen atoms in total. The van der Waals surface area contributed by atoms with E-state index in [0.717, 1.165) is 0 Å². The zero-order valence-corrected chi connectivity index (χ0v) is 6.64. The molecule has 0 unspecified atom stereocenters. The van der Waals surface area contributed by atoms with Gasteiger partial charge in [-0.05, 0) is 12.1 Å². The number of carboxylic acids is 1. The van der Waals surface area contributed by atoms with Gasteiger partial charge in [0.1, 0.15) is 11.5 Å². The molecule has 0 atom stereocenters. The molecule has 0 spiro atoms. The van der Waals surface area contributed by atoms with E-state index in [0.29, 0.717) is 11.5 Å². The SMILES string of the molecule is Nc1cccc2nc(C(=O)O)cn12. The molecule has 0 aliphatic heterocycles. The van der Waals surface area contributed by atoms with Gasteiger partial charge < -0.3 is 10.8 Å². The first-order chi connectivity index (χ1) is 6.18. The zero-order chi connectivity index (χ0) is 9.42. The van der Waals surface area contributed by atoms with E-state index < -0.39 is 5.97 Å². The number of anilines is 1. The Bertz CT molecular complexity index is 475. The van der Waals surface area contributed by atoms with Gasteiger partial charge in [-0.25, -0.2) is 9.78 Å². The number of aromatic carboxylic acids is 1. The summed E-state index contributed by atoms with van der Waals surface area (Å²) in [6.45, 7) is 0. The third-order valence-electron chi connectivity index (χ3n) is 1.74. The Hall–Kier alpha value is -2.04. The van der Waals surface area contributed by atoms with Crippen LogP contribution in [0.1, 0.15) is 10.5 Å². The number of pyridine rings is 1. The number of nitrogens with zero attached hydrogens (tertiary/aromatic N) is 2. The molecule has 13 heavy (non-hydrogen) atoms. The number of hydrogen-bond acceptors (Lipinski definition) is 3. The van der Waals surface area contributed by atoms with Crippen LogP contribution in [0.2, 0.25) is 0 Å². The van der Waals surface area contributed by atoms with Gasteiger partial charge in [0.05, 0.1) is 0 Å². The third kappa shape index (κ3) is 1.10. The number of hydrogen-bond donors (Lipinski definition) is 2. The molecule has 5 heteroatoms. The van der Waals surface area contributed by atoms with Crippen LogP contribution in [0.5, 0.6) is 0 Å². The van der Waals surface area contributed by atoms with Gasteiger partial charge in [-0.1, -0.05) is 6.07 Å². The number of nitrogens with two attached hydrogens (primary N) is 1. The van der Waals surface area contributed by atoms with Crippen molar-refractivity contribution in [3.8, 4) is 0 Å². The quantitative estimate of drug-likeness (QED) is 0.668. The van der Waals surface area contributed by atoms with E-state index in [2.05, 4.69) is 4.98 Å². The van der Waals surface area contributed by atoms with E-state index in [4.69, 9.17) is 10.8 Å².